The topological polar surface area (TPSA) is 81.8 Å². The first-order chi connectivity index (χ1) is 13.9. The fourth-order valence-electron chi connectivity index (χ4n) is 3.35. The first kappa shape index (κ1) is 20.5. The maximum absolute atomic E-state index is 12.8. The van der Waals surface area contributed by atoms with Gasteiger partial charge in [0.2, 0.25) is 0 Å². The number of nitrogens with zero attached hydrogens (tertiary/aromatic N) is 2. The second-order valence-corrected chi connectivity index (χ2v) is 7.58. The Kier molecular flexibility index (Phi) is 6.29. The van der Waals surface area contributed by atoms with Crippen molar-refractivity contribution in [3.05, 3.63) is 71.8 Å². The second-order valence-electron chi connectivity index (χ2n) is 7.58. The molecule has 1 saturated heterocycles. The molecule has 0 aliphatic carbocycles. The van der Waals surface area contributed by atoms with E-state index < -0.39 is 23.4 Å². The Labute approximate surface area is 170 Å². The predicted molar refractivity (Wildman–Crippen MR) is 109 cm³/mol. The van der Waals surface area contributed by atoms with Gasteiger partial charge in [-0.05, 0) is 37.9 Å². The number of aryl methyl sites for hydroxylation is 1. The van der Waals surface area contributed by atoms with Gasteiger partial charge in [-0.2, -0.15) is 5.01 Å². The largest absolute Gasteiger partial charge is 0.344 e. The Morgan fingerprint density at radius 3 is 2.24 bits per heavy atom. The van der Waals surface area contributed by atoms with Crippen molar-refractivity contribution in [1.82, 2.24) is 20.7 Å². The van der Waals surface area contributed by atoms with E-state index in [9.17, 15) is 14.4 Å². The molecule has 2 aromatic rings. The Hall–Kier alpha value is -3.19. The van der Waals surface area contributed by atoms with Gasteiger partial charge in [0.25, 0.3) is 11.8 Å². The molecule has 2 N–H and O–H groups in total. The molecular weight excluding hydrogens is 368 g/mol. The summed E-state index contributed by atoms with van der Waals surface area (Å²) in [6, 6.07) is 18.9. The van der Waals surface area contributed by atoms with Crippen molar-refractivity contribution >= 4 is 17.8 Å². The summed E-state index contributed by atoms with van der Waals surface area (Å²) < 4.78 is 0. The molecule has 1 fully saturated rings. The van der Waals surface area contributed by atoms with E-state index in [4.69, 9.17) is 0 Å². The van der Waals surface area contributed by atoms with E-state index in [0.29, 0.717) is 19.4 Å². The number of carbonyl (C=O) groups excluding carboxylic acids is 3. The lowest BCUT2D eigenvalue weighted by molar-refractivity contribution is -0.139. The summed E-state index contributed by atoms with van der Waals surface area (Å²) in [4.78, 5) is 39.2. The Balaban J connectivity index is 1.54. The zero-order chi connectivity index (χ0) is 20.9. The SMILES string of the molecule is CN(CC(=O)NN1C(=O)N[C@@](C)(CCc2ccccc2)C1=O)Cc1ccccc1. The van der Waals surface area contributed by atoms with Crippen LogP contribution in [0.15, 0.2) is 60.7 Å². The van der Waals surface area contributed by atoms with Crippen LogP contribution in [0.4, 0.5) is 4.79 Å². The third-order valence-electron chi connectivity index (χ3n) is 4.96. The standard InChI is InChI=1S/C22H26N4O3/c1-22(14-13-17-9-5-3-6-10-17)20(28)26(21(29)23-22)24-19(27)16-25(2)15-18-11-7-4-8-12-18/h3-12H,13-16H2,1-2H3,(H,23,29)(H,24,27)/t22-/m0/s1. The summed E-state index contributed by atoms with van der Waals surface area (Å²) in [6.45, 7) is 2.33. The molecule has 3 rings (SSSR count). The summed E-state index contributed by atoms with van der Waals surface area (Å²) in [7, 11) is 1.81. The van der Waals surface area contributed by atoms with Crippen LogP contribution in [0.3, 0.4) is 0 Å². The highest BCUT2D eigenvalue weighted by atomic mass is 16.2. The van der Waals surface area contributed by atoms with Crippen LogP contribution in [-0.4, -0.2) is 46.9 Å². The zero-order valence-electron chi connectivity index (χ0n) is 16.7. The monoisotopic (exact) mass is 394 g/mol. The van der Waals surface area contributed by atoms with E-state index in [1.807, 2.05) is 72.6 Å². The number of hydrazine groups is 1. The van der Waals surface area contributed by atoms with Gasteiger partial charge in [0, 0.05) is 6.54 Å². The molecular formula is C22H26N4O3. The number of hydrogen-bond donors (Lipinski definition) is 2. The number of amides is 4. The molecule has 0 unspecified atom stereocenters. The first-order valence-corrected chi connectivity index (χ1v) is 9.60. The fourth-order valence-corrected chi connectivity index (χ4v) is 3.35. The highest BCUT2D eigenvalue weighted by molar-refractivity contribution is 6.07. The number of carbonyl (C=O) groups is 3. The van der Waals surface area contributed by atoms with E-state index >= 15 is 0 Å². The average molecular weight is 394 g/mol. The molecule has 1 heterocycles. The summed E-state index contributed by atoms with van der Waals surface area (Å²) in [5.41, 5.74) is 3.55. The number of nitrogens with one attached hydrogen (secondary N) is 2. The Morgan fingerprint density at radius 2 is 1.62 bits per heavy atom. The highest BCUT2D eigenvalue weighted by Crippen LogP contribution is 2.22. The van der Waals surface area contributed by atoms with E-state index in [0.717, 1.165) is 16.1 Å². The second kappa shape index (κ2) is 8.87. The van der Waals surface area contributed by atoms with Crippen LogP contribution in [-0.2, 0) is 22.6 Å². The lowest BCUT2D eigenvalue weighted by Crippen LogP contribution is -2.51. The quantitative estimate of drug-likeness (QED) is 0.672. The number of imide groups is 1. The van der Waals surface area contributed by atoms with Gasteiger partial charge < -0.3 is 5.32 Å². The predicted octanol–water partition coefficient (Wildman–Crippen LogP) is 2.09. The number of benzene rings is 2. The summed E-state index contributed by atoms with van der Waals surface area (Å²) >= 11 is 0. The lowest BCUT2D eigenvalue weighted by Gasteiger charge is -2.22. The lowest BCUT2D eigenvalue weighted by atomic mass is 9.93. The molecule has 152 valence electrons. The summed E-state index contributed by atoms with van der Waals surface area (Å²) in [6.07, 6.45) is 1.09. The van der Waals surface area contributed by atoms with Crippen LogP contribution >= 0.6 is 0 Å². The normalized spacial score (nSPS) is 18.8. The van der Waals surface area contributed by atoms with Crippen LogP contribution in [0.5, 0.6) is 0 Å². The van der Waals surface area contributed by atoms with Crippen LogP contribution in [0.2, 0.25) is 0 Å². The number of urea groups is 1. The molecule has 2 aromatic carbocycles. The smallest absolute Gasteiger partial charge is 0.322 e. The minimum atomic E-state index is -1.05. The third kappa shape index (κ3) is 5.20. The van der Waals surface area contributed by atoms with E-state index in [-0.39, 0.29) is 6.54 Å². The van der Waals surface area contributed by atoms with Gasteiger partial charge in [-0.3, -0.25) is 19.9 Å². The molecule has 1 aliphatic heterocycles. The van der Waals surface area contributed by atoms with E-state index in [1.54, 1.807) is 6.92 Å². The highest BCUT2D eigenvalue weighted by Gasteiger charge is 2.48. The maximum atomic E-state index is 12.8. The molecule has 0 bridgehead atoms. The van der Waals surface area contributed by atoms with Gasteiger partial charge in [-0.1, -0.05) is 60.7 Å². The summed E-state index contributed by atoms with van der Waals surface area (Å²) in [5, 5.41) is 3.50. The zero-order valence-corrected chi connectivity index (χ0v) is 16.7. The van der Waals surface area contributed by atoms with Crippen LogP contribution in [0.25, 0.3) is 0 Å². The molecule has 7 heteroatoms. The number of hydrogen-bond acceptors (Lipinski definition) is 4. The van der Waals surface area contributed by atoms with Crippen molar-refractivity contribution in [2.24, 2.45) is 0 Å². The van der Waals surface area contributed by atoms with Gasteiger partial charge in [-0.25, -0.2) is 4.79 Å². The molecule has 0 radical (unpaired) electrons. The average Bonchev–Trinajstić information content (AvgIpc) is 2.91. The molecule has 29 heavy (non-hydrogen) atoms. The molecule has 7 nitrogen and oxygen atoms in total. The van der Waals surface area contributed by atoms with Gasteiger partial charge in [0.1, 0.15) is 5.54 Å². The minimum absolute atomic E-state index is 0.0622. The molecule has 0 spiro atoms. The van der Waals surface area contributed by atoms with Crippen molar-refractivity contribution in [2.75, 3.05) is 13.6 Å². The van der Waals surface area contributed by atoms with Crippen molar-refractivity contribution < 1.29 is 14.4 Å². The van der Waals surface area contributed by atoms with Crippen molar-refractivity contribution in [3.8, 4) is 0 Å². The van der Waals surface area contributed by atoms with Crippen LogP contribution in [0, 0.1) is 0 Å². The third-order valence-corrected chi connectivity index (χ3v) is 4.96. The molecule has 1 aliphatic rings. The Morgan fingerprint density at radius 1 is 1.03 bits per heavy atom. The van der Waals surface area contributed by atoms with Crippen molar-refractivity contribution in [1.29, 1.82) is 0 Å². The van der Waals surface area contributed by atoms with Crippen molar-refractivity contribution in [3.63, 3.8) is 0 Å². The molecule has 1 atom stereocenters. The number of likely N-dealkylation sites (N-methyl/N-ethyl adjacent to an activating group) is 1. The minimum Gasteiger partial charge on any atom is -0.322 e. The van der Waals surface area contributed by atoms with Gasteiger partial charge in [-0.15, -0.1) is 0 Å². The molecule has 4 amide bonds. The van der Waals surface area contributed by atoms with Crippen LogP contribution in [0.1, 0.15) is 24.5 Å². The van der Waals surface area contributed by atoms with Crippen LogP contribution < -0.4 is 10.7 Å². The maximum Gasteiger partial charge on any atom is 0.344 e. The molecule has 0 aromatic heterocycles. The van der Waals surface area contributed by atoms with Crippen molar-refractivity contribution in [2.45, 2.75) is 31.8 Å². The Bertz CT molecular complexity index is 872. The molecule has 0 saturated carbocycles. The van der Waals surface area contributed by atoms with Gasteiger partial charge in [0.15, 0.2) is 0 Å². The van der Waals surface area contributed by atoms with Gasteiger partial charge in [0.05, 0.1) is 6.54 Å². The van der Waals surface area contributed by atoms with E-state index in [1.165, 1.54) is 0 Å². The number of rotatable bonds is 8. The summed E-state index contributed by atoms with van der Waals surface area (Å²) in [5.74, 6) is -0.864. The fraction of sp³-hybridized carbons (Fsp3) is 0.318. The van der Waals surface area contributed by atoms with Gasteiger partial charge >= 0.3 is 6.03 Å². The van der Waals surface area contributed by atoms with E-state index in [2.05, 4.69) is 10.7 Å². The first-order valence-electron chi connectivity index (χ1n) is 9.60.